The predicted molar refractivity (Wildman–Crippen MR) is 71.2 cm³/mol. The summed E-state index contributed by atoms with van der Waals surface area (Å²) in [6.45, 7) is 1.87. The molecule has 1 aromatic heterocycles. The molecule has 0 saturated carbocycles. The predicted octanol–water partition coefficient (Wildman–Crippen LogP) is 1.59. The topological polar surface area (TPSA) is 79.0 Å². The first-order valence-corrected chi connectivity index (χ1v) is 7.30. The van der Waals surface area contributed by atoms with E-state index in [0.717, 1.165) is 5.56 Å². The molecule has 2 aromatic rings. The molecule has 0 radical (unpaired) electrons. The molecule has 0 aliphatic carbocycles. The second-order valence-corrected chi connectivity index (χ2v) is 6.47. The summed E-state index contributed by atoms with van der Waals surface area (Å²) < 4.78 is 26.0. The zero-order chi connectivity index (χ0) is 14.0. The van der Waals surface area contributed by atoms with E-state index >= 15 is 0 Å². The number of rotatable bonds is 4. The molecule has 0 unspecified atom stereocenters. The number of benzene rings is 1. The fourth-order valence-corrected chi connectivity index (χ4v) is 3.27. The van der Waals surface area contributed by atoms with E-state index in [9.17, 15) is 8.42 Å². The molecule has 102 valence electrons. The van der Waals surface area contributed by atoms with Crippen LogP contribution in [0.25, 0.3) is 0 Å². The van der Waals surface area contributed by atoms with Crippen molar-refractivity contribution in [1.29, 1.82) is 0 Å². The highest BCUT2D eigenvalue weighted by molar-refractivity contribution is 7.89. The monoisotopic (exact) mass is 300 g/mol. The van der Waals surface area contributed by atoms with Crippen LogP contribution in [0, 0.1) is 6.92 Å². The highest BCUT2D eigenvalue weighted by Crippen LogP contribution is 2.27. The van der Waals surface area contributed by atoms with Gasteiger partial charge in [-0.05, 0) is 18.6 Å². The number of nitrogens with one attached hydrogen (secondary N) is 1. The van der Waals surface area contributed by atoms with Crippen LogP contribution in [0.5, 0.6) is 0 Å². The number of halogens is 1. The number of aromatic nitrogens is 3. The first-order valence-electron chi connectivity index (χ1n) is 5.48. The van der Waals surface area contributed by atoms with Gasteiger partial charge < -0.3 is 0 Å². The second kappa shape index (κ2) is 5.28. The molecule has 2 rings (SSSR count). The molecular weight excluding hydrogens is 288 g/mol. The third-order valence-corrected chi connectivity index (χ3v) is 5.14. The van der Waals surface area contributed by atoms with Crippen LogP contribution in [0.1, 0.15) is 11.4 Å². The maximum absolute atomic E-state index is 12.4. The van der Waals surface area contributed by atoms with Gasteiger partial charge in [0.2, 0.25) is 10.0 Å². The van der Waals surface area contributed by atoms with E-state index in [-0.39, 0.29) is 16.5 Å². The van der Waals surface area contributed by atoms with Gasteiger partial charge in [-0.2, -0.15) is 9.40 Å². The molecule has 19 heavy (non-hydrogen) atoms. The van der Waals surface area contributed by atoms with Crippen molar-refractivity contribution in [2.75, 3.05) is 7.05 Å². The summed E-state index contributed by atoms with van der Waals surface area (Å²) in [5.74, 6) is 0.467. The van der Waals surface area contributed by atoms with Gasteiger partial charge in [0.05, 0.1) is 11.6 Å². The molecule has 8 heteroatoms. The van der Waals surface area contributed by atoms with Gasteiger partial charge in [-0.25, -0.2) is 13.4 Å². The SMILES string of the molecule is Cc1cccc(S(=O)(=O)N(C)Cc2ncn[nH]2)c1Cl. The van der Waals surface area contributed by atoms with Crippen molar-refractivity contribution >= 4 is 21.6 Å². The van der Waals surface area contributed by atoms with Gasteiger partial charge >= 0.3 is 0 Å². The fraction of sp³-hybridized carbons (Fsp3) is 0.273. The fourth-order valence-electron chi connectivity index (χ4n) is 1.59. The summed E-state index contributed by atoms with van der Waals surface area (Å²) in [5.41, 5.74) is 0.718. The molecule has 0 aliphatic heterocycles. The maximum Gasteiger partial charge on any atom is 0.244 e. The number of hydrogen-bond donors (Lipinski definition) is 1. The zero-order valence-electron chi connectivity index (χ0n) is 10.5. The van der Waals surface area contributed by atoms with E-state index in [4.69, 9.17) is 11.6 Å². The third-order valence-electron chi connectivity index (χ3n) is 2.68. The first kappa shape index (κ1) is 14.0. The number of aryl methyl sites for hydroxylation is 1. The Balaban J connectivity index is 2.34. The van der Waals surface area contributed by atoms with Gasteiger partial charge in [0.1, 0.15) is 17.0 Å². The Morgan fingerprint density at radius 3 is 2.79 bits per heavy atom. The van der Waals surface area contributed by atoms with Crippen LogP contribution in [-0.4, -0.2) is 35.0 Å². The summed E-state index contributed by atoms with van der Waals surface area (Å²) in [7, 11) is -2.19. The third kappa shape index (κ3) is 2.78. The lowest BCUT2D eigenvalue weighted by atomic mass is 10.2. The van der Waals surface area contributed by atoms with Crippen molar-refractivity contribution in [1.82, 2.24) is 19.5 Å². The van der Waals surface area contributed by atoms with Crippen molar-refractivity contribution in [2.45, 2.75) is 18.4 Å². The minimum atomic E-state index is -3.65. The number of nitrogens with zero attached hydrogens (tertiary/aromatic N) is 3. The molecule has 1 N–H and O–H groups in total. The number of aromatic amines is 1. The molecule has 0 amide bonds. The largest absolute Gasteiger partial charge is 0.262 e. The van der Waals surface area contributed by atoms with Crippen molar-refractivity contribution < 1.29 is 8.42 Å². The summed E-state index contributed by atoms with van der Waals surface area (Å²) in [5, 5.41) is 6.54. The molecule has 6 nitrogen and oxygen atoms in total. The molecule has 0 aliphatic rings. The Bertz CT molecular complexity index is 670. The molecule has 0 bridgehead atoms. The van der Waals surface area contributed by atoms with E-state index in [1.165, 1.54) is 23.7 Å². The van der Waals surface area contributed by atoms with E-state index in [2.05, 4.69) is 15.2 Å². The molecule has 1 aromatic carbocycles. The average molecular weight is 301 g/mol. The molecule has 1 heterocycles. The van der Waals surface area contributed by atoms with Crippen LogP contribution in [0.4, 0.5) is 0 Å². The van der Waals surface area contributed by atoms with Crippen molar-refractivity contribution in [3.05, 3.63) is 40.9 Å². The standard InChI is InChI=1S/C11H13ClN4O2S/c1-8-4-3-5-9(11(8)12)19(17,18)16(2)6-10-13-7-14-15-10/h3-5,7H,6H2,1-2H3,(H,13,14,15). The van der Waals surface area contributed by atoms with Gasteiger partial charge in [0.25, 0.3) is 0 Å². The van der Waals surface area contributed by atoms with Gasteiger partial charge in [0.15, 0.2) is 0 Å². The summed E-state index contributed by atoms with van der Waals surface area (Å²) in [4.78, 5) is 3.99. The molecule has 0 atom stereocenters. The lowest BCUT2D eigenvalue weighted by molar-refractivity contribution is 0.457. The Morgan fingerprint density at radius 2 is 2.16 bits per heavy atom. The van der Waals surface area contributed by atoms with Crippen molar-refractivity contribution in [3.63, 3.8) is 0 Å². The van der Waals surface area contributed by atoms with E-state index in [1.54, 1.807) is 19.1 Å². The lowest BCUT2D eigenvalue weighted by Crippen LogP contribution is -2.27. The summed E-state index contributed by atoms with van der Waals surface area (Å²) >= 11 is 6.06. The Morgan fingerprint density at radius 1 is 1.42 bits per heavy atom. The molecule has 0 saturated heterocycles. The van der Waals surface area contributed by atoms with Crippen molar-refractivity contribution in [2.24, 2.45) is 0 Å². The van der Waals surface area contributed by atoms with Gasteiger partial charge in [-0.3, -0.25) is 5.10 Å². The highest BCUT2D eigenvalue weighted by Gasteiger charge is 2.24. The number of hydrogen-bond acceptors (Lipinski definition) is 4. The van der Waals surface area contributed by atoms with Crippen LogP contribution in [0.3, 0.4) is 0 Å². The number of H-pyrrole nitrogens is 1. The van der Waals surface area contributed by atoms with E-state index < -0.39 is 10.0 Å². The maximum atomic E-state index is 12.4. The Kier molecular flexibility index (Phi) is 3.88. The highest BCUT2D eigenvalue weighted by atomic mass is 35.5. The normalized spacial score (nSPS) is 12.0. The van der Waals surface area contributed by atoms with Crippen LogP contribution in [0.2, 0.25) is 5.02 Å². The van der Waals surface area contributed by atoms with Gasteiger partial charge in [0, 0.05) is 7.05 Å². The summed E-state index contributed by atoms with van der Waals surface area (Å²) in [6, 6.07) is 4.91. The zero-order valence-corrected chi connectivity index (χ0v) is 12.0. The van der Waals surface area contributed by atoms with Crippen LogP contribution >= 0.6 is 11.6 Å². The van der Waals surface area contributed by atoms with E-state index in [0.29, 0.717) is 5.82 Å². The quantitative estimate of drug-likeness (QED) is 0.930. The van der Waals surface area contributed by atoms with Crippen molar-refractivity contribution in [3.8, 4) is 0 Å². The minimum Gasteiger partial charge on any atom is -0.262 e. The average Bonchev–Trinajstić information content (AvgIpc) is 2.85. The second-order valence-electron chi connectivity index (χ2n) is 4.08. The smallest absolute Gasteiger partial charge is 0.244 e. The van der Waals surface area contributed by atoms with Crippen LogP contribution in [-0.2, 0) is 16.6 Å². The first-order chi connectivity index (χ1) is 8.93. The molecular formula is C11H13ClN4O2S. The van der Waals surface area contributed by atoms with E-state index in [1.807, 2.05) is 0 Å². The molecule has 0 fully saturated rings. The lowest BCUT2D eigenvalue weighted by Gasteiger charge is -2.17. The number of sulfonamides is 1. The van der Waals surface area contributed by atoms with Gasteiger partial charge in [-0.1, -0.05) is 23.7 Å². The van der Waals surface area contributed by atoms with Crippen LogP contribution in [0.15, 0.2) is 29.4 Å². The Labute approximate surface area is 116 Å². The molecule has 0 spiro atoms. The minimum absolute atomic E-state index is 0.0937. The van der Waals surface area contributed by atoms with Gasteiger partial charge in [-0.15, -0.1) is 0 Å². The van der Waals surface area contributed by atoms with Crippen LogP contribution < -0.4 is 0 Å². The Hall–Kier alpha value is -1.44. The summed E-state index contributed by atoms with van der Waals surface area (Å²) in [6.07, 6.45) is 1.33.